The zero-order valence-corrected chi connectivity index (χ0v) is 35.6. The molecule has 27 nitrogen and oxygen atoms in total. The number of aliphatic hydroxyl groups is 12. The van der Waals surface area contributed by atoms with Crippen LogP contribution in [0.4, 0.5) is 22.7 Å². The average Bonchev–Trinajstić information content (AvgIpc) is 3.35. The molecule has 372 valence electrons. The van der Waals surface area contributed by atoms with Crippen LogP contribution in [0.25, 0.3) is 0 Å². The molecule has 15 N–H and O–H groups in total. The molecule has 3 fully saturated rings. The minimum absolute atomic E-state index is 0.0615. The number of nitrogens with one attached hydrogen (secondary N) is 2. The minimum atomic E-state index is -1.69. The molecule has 0 aliphatic carbocycles. The fourth-order valence-corrected chi connectivity index (χ4v) is 7.01. The van der Waals surface area contributed by atoms with Crippen LogP contribution in [0.5, 0.6) is 23.0 Å². The van der Waals surface area contributed by atoms with E-state index >= 15 is 0 Å². The maximum absolute atomic E-state index is 13.8. The van der Waals surface area contributed by atoms with Crippen molar-refractivity contribution in [3.63, 3.8) is 0 Å². The summed E-state index contributed by atoms with van der Waals surface area (Å²) in [6.07, 6.45) is -23.1. The van der Waals surface area contributed by atoms with Gasteiger partial charge in [0.2, 0.25) is 29.7 Å². The monoisotopic (exact) mass is 972 g/mol. The Kier molecular flexibility index (Phi) is 16.3. The number of aliphatic hydroxyl groups excluding tert-OH is 12. The van der Waals surface area contributed by atoms with Crippen LogP contribution >= 0.6 is 0 Å². The van der Waals surface area contributed by atoms with Crippen molar-refractivity contribution in [2.75, 3.05) is 30.7 Å². The number of azo groups is 1. The summed E-state index contributed by atoms with van der Waals surface area (Å²) in [5, 5.41) is 145. The SMILES string of the molecule is O=c1c(N=Nc2ccc(O[C@H]3O[C@H](CO)[C@H](O)[C@H](O)[C@H]3O)cc2)c(O)/c(=N\Nc2ccc(O[C@H]3O[C@H](CO)[C@H](O)[C@H](O)[C@H]3O)cc2)c(=O)/c1=N\Nc1ccc(O[C@H]2O[C@H](CO)[C@H](O)[C@H](O)[C@H]2O)cc1. The molecule has 3 heterocycles. The third-order valence-electron chi connectivity index (χ3n) is 11.0. The summed E-state index contributed by atoms with van der Waals surface area (Å²) in [6, 6.07) is 16.3. The van der Waals surface area contributed by atoms with E-state index in [-0.39, 0.29) is 34.3 Å². The molecular formula is C42H48N6O21. The Balaban J connectivity index is 1.14. The van der Waals surface area contributed by atoms with E-state index in [9.17, 15) is 76.0 Å². The lowest BCUT2D eigenvalue weighted by Gasteiger charge is -2.39. The summed E-state index contributed by atoms with van der Waals surface area (Å²) in [5.41, 5.74) is 2.33. The van der Waals surface area contributed by atoms with Crippen LogP contribution in [0.2, 0.25) is 0 Å². The number of rotatable bonds is 15. The molecule has 0 radical (unpaired) electrons. The van der Waals surface area contributed by atoms with Gasteiger partial charge in [-0.25, -0.2) is 0 Å². The van der Waals surface area contributed by atoms with Gasteiger partial charge >= 0.3 is 0 Å². The Hall–Kier alpha value is -6.12. The lowest BCUT2D eigenvalue weighted by atomic mass is 9.99. The largest absolute Gasteiger partial charge is 0.504 e. The maximum atomic E-state index is 13.8. The van der Waals surface area contributed by atoms with Crippen LogP contribution in [0.1, 0.15) is 0 Å². The smallest absolute Gasteiger partial charge is 0.241 e. The molecule has 0 unspecified atom stereocenters. The Morgan fingerprint density at radius 2 is 0.797 bits per heavy atom. The predicted molar refractivity (Wildman–Crippen MR) is 228 cm³/mol. The molecule has 4 aromatic rings. The summed E-state index contributed by atoms with van der Waals surface area (Å²) in [7, 11) is 0. The van der Waals surface area contributed by atoms with Gasteiger partial charge < -0.3 is 94.8 Å². The van der Waals surface area contributed by atoms with Gasteiger partial charge in [0.25, 0.3) is 0 Å². The number of phenolic OH excluding ortho intramolecular Hbond substituents is 1. The molecule has 0 aromatic heterocycles. The van der Waals surface area contributed by atoms with Gasteiger partial charge in [0.05, 0.1) is 36.9 Å². The van der Waals surface area contributed by atoms with E-state index in [4.69, 9.17) is 28.4 Å². The van der Waals surface area contributed by atoms with Crippen LogP contribution in [-0.4, -0.2) is 178 Å². The number of nitrogens with zero attached hydrogens (tertiary/aromatic N) is 4. The highest BCUT2D eigenvalue weighted by atomic mass is 16.7. The van der Waals surface area contributed by atoms with Crippen molar-refractivity contribution in [2.45, 2.75) is 92.1 Å². The highest BCUT2D eigenvalue weighted by Crippen LogP contribution is 2.29. The van der Waals surface area contributed by atoms with Gasteiger partial charge in [-0.05, 0) is 72.8 Å². The number of anilines is 2. The summed E-state index contributed by atoms with van der Waals surface area (Å²) in [4.78, 5) is 27.6. The Bertz CT molecular complexity index is 2620. The lowest BCUT2D eigenvalue weighted by molar-refractivity contribution is -0.277. The minimum Gasteiger partial charge on any atom is -0.504 e. The van der Waals surface area contributed by atoms with Crippen LogP contribution in [-0.2, 0) is 14.2 Å². The van der Waals surface area contributed by atoms with Crippen molar-refractivity contribution >= 4 is 22.7 Å². The number of benzene rings is 4. The molecule has 69 heavy (non-hydrogen) atoms. The molecule has 3 aliphatic rings. The van der Waals surface area contributed by atoms with Gasteiger partial charge in [0.1, 0.15) is 90.5 Å². The fourth-order valence-electron chi connectivity index (χ4n) is 7.01. The van der Waals surface area contributed by atoms with Crippen molar-refractivity contribution in [1.82, 2.24) is 0 Å². The maximum Gasteiger partial charge on any atom is 0.241 e. The number of hydrogen-bond donors (Lipinski definition) is 15. The standard InChI is InChI=1S/C42H48N6O21/c49-13-22-28(52)34(58)37(61)40(67-22)64-19-7-1-16(2-8-19)43-46-25-31(55)26(47-44-17-3-9-20(10-4-17)65-41-38(62)35(59)29(53)23(14-50)68-41)33(57)27(32(25)56)48-45-18-5-11-21(12-6-18)66-42-39(63)36(60)30(54)24(15-51)69-42/h1-12,22-24,28-30,34-44,49-54,56,58-63H,13-15H2/b46-25-,47-26+,48-45?/t22-,23-,24-,28+,29+,30+,34+,35+,36+,37-,38-,39-,40+,41+,42+/m1/s1. The summed E-state index contributed by atoms with van der Waals surface area (Å²) >= 11 is 0. The van der Waals surface area contributed by atoms with Crippen LogP contribution < -0.4 is 46.6 Å². The van der Waals surface area contributed by atoms with Crippen LogP contribution in [0.15, 0.2) is 103 Å². The second-order valence-electron chi connectivity index (χ2n) is 15.7. The third-order valence-corrected chi connectivity index (χ3v) is 11.0. The van der Waals surface area contributed by atoms with E-state index in [1.165, 1.54) is 72.8 Å². The molecular weight excluding hydrogens is 924 g/mol. The Morgan fingerprint density at radius 3 is 1.16 bits per heavy atom. The summed E-state index contributed by atoms with van der Waals surface area (Å²) in [5.74, 6) is -0.771. The zero-order chi connectivity index (χ0) is 49.7. The number of hydrogen-bond acceptors (Lipinski definition) is 27. The van der Waals surface area contributed by atoms with E-state index in [1.54, 1.807) is 0 Å². The van der Waals surface area contributed by atoms with Gasteiger partial charge in [0.15, 0.2) is 22.2 Å². The van der Waals surface area contributed by atoms with Crippen molar-refractivity contribution in [3.8, 4) is 23.0 Å². The molecule has 4 aromatic carbocycles. The molecule has 0 saturated carbocycles. The second-order valence-corrected chi connectivity index (χ2v) is 15.7. The van der Waals surface area contributed by atoms with E-state index in [0.29, 0.717) is 0 Å². The molecule has 3 saturated heterocycles. The van der Waals surface area contributed by atoms with Crippen molar-refractivity contribution in [1.29, 1.82) is 0 Å². The van der Waals surface area contributed by atoms with Gasteiger partial charge in [-0.3, -0.25) is 20.4 Å². The first-order valence-corrected chi connectivity index (χ1v) is 20.9. The third kappa shape index (κ3) is 11.2. The predicted octanol–water partition coefficient (Wildman–Crippen LogP) is -5.20. The van der Waals surface area contributed by atoms with E-state index < -0.39 is 145 Å². The Labute approximate surface area is 387 Å². The van der Waals surface area contributed by atoms with Gasteiger partial charge in [-0.2, -0.15) is 15.3 Å². The first kappa shape index (κ1) is 50.7. The lowest BCUT2D eigenvalue weighted by Crippen LogP contribution is -2.60. The molecule has 0 bridgehead atoms. The van der Waals surface area contributed by atoms with E-state index in [2.05, 4.69) is 31.3 Å². The molecule has 27 heteroatoms. The molecule has 3 aliphatic heterocycles. The first-order valence-electron chi connectivity index (χ1n) is 20.9. The van der Waals surface area contributed by atoms with Crippen LogP contribution in [0, 0.1) is 0 Å². The van der Waals surface area contributed by atoms with Crippen LogP contribution in [0.3, 0.4) is 0 Å². The normalized spacial score (nSPS) is 32.2. The molecule has 0 amide bonds. The van der Waals surface area contributed by atoms with Crippen molar-refractivity contribution in [2.24, 2.45) is 20.4 Å². The summed E-state index contributed by atoms with van der Waals surface area (Å²) in [6.45, 7) is -2.03. The van der Waals surface area contributed by atoms with Gasteiger partial charge in [-0.15, -0.1) is 5.11 Å². The van der Waals surface area contributed by atoms with E-state index in [1.807, 2.05) is 0 Å². The number of ether oxygens (including phenoxy) is 6. The van der Waals surface area contributed by atoms with Crippen molar-refractivity contribution in [3.05, 3.63) is 104 Å². The quantitative estimate of drug-likeness (QED) is 0.0391. The molecule has 0 spiro atoms. The molecule has 15 atom stereocenters. The number of phenols is 1. The molecule has 7 rings (SSSR count). The topological polar surface area (TPSA) is 426 Å². The van der Waals surface area contributed by atoms with Crippen molar-refractivity contribution < 1.29 is 94.8 Å². The zero-order valence-electron chi connectivity index (χ0n) is 35.6. The van der Waals surface area contributed by atoms with E-state index in [0.717, 1.165) is 0 Å². The highest BCUT2D eigenvalue weighted by molar-refractivity contribution is 5.52. The summed E-state index contributed by atoms with van der Waals surface area (Å²) < 4.78 is 32.8. The number of aromatic hydroxyl groups is 1. The Morgan fingerprint density at radius 1 is 0.449 bits per heavy atom. The van der Waals surface area contributed by atoms with Gasteiger partial charge in [-0.1, -0.05) is 0 Å². The highest BCUT2D eigenvalue weighted by Gasteiger charge is 2.47. The average molecular weight is 973 g/mol. The van der Waals surface area contributed by atoms with Gasteiger partial charge in [0, 0.05) is 0 Å². The first-order chi connectivity index (χ1) is 33.0. The fraction of sp³-hybridized carbons (Fsp3) is 0.429. The second kappa shape index (κ2) is 22.1.